The number of carbonyl (C=O) groups is 1. The van der Waals surface area contributed by atoms with Crippen molar-refractivity contribution in [3.8, 4) is 0 Å². The highest BCUT2D eigenvalue weighted by atomic mass is 16.5. The molecule has 0 aromatic carbocycles. The van der Waals surface area contributed by atoms with E-state index in [1.54, 1.807) is 7.11 Å². The quantitative estimate of drug-likeness (QED) is 0.618. The Morgan fingerprint density at radius 1 is 1.50 bits per heavy atom. The molecule has 0 saturated heterocycles. The van der Waals surface area contributed by atoms with Crippen molar-refractivity contribution in [2.24, 2.45) is 11.1 Å². The minimum atomic E-state index is -0.637. The molecule has 4 nitrogen and oxygen atoms in total. The van der Waals surface area contributed by atoms with Gasteiger partial charge in [-0.15, -0.1) is 0 Å². The molecule has 72 valence electrons. The van der Waals surface area contributed by atoms with Crippen LogP contribution >= 0.6 is 0 Å². The highest BCUT2D eigenvalue weighted by Gasteiger charge is 2.32. The summed E-state index contributed by atoms with van der Waals surface area (Å²) in [7, 11) is 2.90. The van der Waals surface area contributed by atoms with Crippen LogP contribution in [-0.2, 0) is 14.3 Å². The lowest BCUT2D eigenvalue weighted by Gasteiger charge is -2.28. The van der Waals surface area contributed by atoms with E-state index >= 15 is 0 Å². The second-order valence-corrected chi connectivity index (χ2v) is 3.42. The summed E-state index contributed by atoms with van der Waals surface area (Å²) in [4.78, 5) is 11.0. The van der Waals surface area contributed by atoms with Gasteiger partial charge in [0.05, 0.1) is 13.7 Å². The number of carbonyl (C=O) groups excluding carboxylic acids is 1. The summed E-state index contributed by atoms with van der Waals surface area (Å²) >= 11 is 0. The second kappa shape index (κ2) is 4.42. The Morgan fingerprint density at radius 2 is 2.00 bits per heavy atom. The molecular formula is C8H17NO3. The zero-order chi connectivity index (χ0) is 9.78. The van der Waals surface area contributed by atoms with Crippen LogP contribution in [0.25, 0.3) is 0 Å². The molecule has 1 unspecified atom stereocenters. The Morgan fingerprint density at radius 3 is 2.33 bits per heavy atom. The fourth-order valence-electron chi connectivity index (χ4n) is 0.908. The van der Waals surface area contributed by atoms with E-state index in [0.29, 0.717) is 6.61 Å². The van der Waals surface area contributed by atoms with Crippen LogP contribution in [0.1, 0.15) is 13.8 Å². The van der Waals surface area contributed by atoms with Crippen LogP contribution < -0.4 is 5.73 Å². The Labute approximate surface area is 73.0 Å². The van der Waals surface area contributed by atoms with Crippen molar-refractivity contribution in [3.63, 3.8) is 0 Å². The fourth-order valence-corrected chi connectivity index (χ4v) is 0.908. The van der Waals surface area contributed by atoms with Gasteiger partial charge < -0.3 is 15.2 Å². The van der Waals surface area contributed by atoms with Gasteiger partial charge in [0.1, 0.15) is 6.04 Å². The third kappa shape index (κ3) is 2.79. The fraction of sp³-hybridized carbons (Fsp3) is 0.875. The normalized spacial score (nSPS) is 14.1. The summed E-state index contributed by atoms with van der Waals surface area (Å²) in [5, 5.41) is 0. The first-order valence-corrected chi connectivity index (χ1v) is 3.78. The van der Waals surface area contributed by atoms with Crippen LogP contribution in [0.4, 0.5) is 0 Å². The minimum absolute atomic E-state index is 0.387. The molecule has 0 aromatic heterocycles. The van der Waals surface area contributed by atoms with Crippen molar-refractivity contribution in [1.29, 1.82) is 0 Å². The Hall–Kier alpha value is -0.610. The number of rotatable bonds is 4. The summed E-state index contributed by atoms with van der Waals surface area (Å²) in [6.07, 6.45) is 0. The van der Waals surface area contributed by atoms with Gasteiger partial charge >= 0.3 is 5.97 Å². The second-order valence-electron chi connectivity index (χ2n) is 3.42. The van der Waals surface area contributed by atoms with Gasteiger partial charge in [0.15, 0.2) is 0 Å². The maximum absolute atomic E-state index is 11.0. The zero-order valence-corrected chi connectivity index (χ0v) is 8.09. The molecule has 2 N–H and O–H groups in total. The first kappa shape index (κ1) is 11.4. The van der Waals surface area contributed by atoms with Gasteiger partial charge in [-0.2, -0.15) is 0 Å². The summed E-state index contributed by atoms with van der Waals surface area (Å²) in [5.74, 6) is -0.406. The van der Waals surface area contributed by atoms with Gasteiger partial charge in [0.2, 0.25) is 0 Å². The van der Waals surface area contributed by atoms with Crippen LogP contribution in [0, 0.1) is 5.41 Å². The molecule has 0 saturated carbocycles. The molecule has 1 atom stereocenters. The van der Waals surface area contributed by atoms with Crippen molar-refractivity contribution in [2.45, 2.75) is 19.9 Å². The van der Waals surface area contributed by atoms with Crippen molar-refractivity contribution >= 4 is 5.97 Å². The first-order chi connectivity index (χ1) is 5.45. The number of hydrogen-bond donors (Lipinski definition) is 1. The molecule has 0 aromatic rings. The average molecular weight is 175 g/mol. The predicted molar refractivity (Wildman–Crippen MR) is 45.6 cm³/mol. The Balaban J connectivity index is 4.23. The van der Waals surface area contributed by atoms with E-state index in [1.165, 1.54) is 7.11 Å². The monoisotopic (exact) mass is 175 g/mol. The molecule has 12 heavy (non-hydrogen) atoms. The van der Waals surface area contributed by atoms with Gasteiger partial charge in [0, 0.05) is 12.5 Å². The zero-order valence-electron chi connectivity index (χ0n) is 8.09. The predicted octanol–water partition coefficient (Wildman–Crippen LogP) is 0.159. The summed E-state index contributed by atoms with van der Waals surface area (Å²) < 4.78 is 9.46. The van der Waals surface area contributed by atoms with Crippen LogP contribution in [0.3, 0.4) is 0 Å². The SMILES string of the molecule is COCC(C)(C)C(N)C(=O)OC. The molecule has 0 aliphatic heterocycles. The topological polar surface area (TPSA) is 61.5 Å². The standard InChI is InChI=1S/C8H17NO3/c1-8(2,5-11-3)6(9)7(10)12-4/h6H,5,9H2,1-4H3. The van der Waals surface area contributed by atoms with Crippen molar-refractivity contribution in [1.82, 2.24) is 0 Å². The van der Waals surface area contributed by atoms with Crippen molar-refractivity contribution < 1.29 is 14.3 Å². The number of nitrogens with two attached hydrogens (primary N) is 1. The largest absolute Gasteiger partial charge is 0.468 e. The van der Waals surface area contributed by atoms with Gasteiger partial charge in [-0.25, -0.2) is 0 Å². The van der Waals surface area contributed by atoms with E-state index in [9.17, 15) is 4.79 Å². The molecule has 0 radical (unpaired) electrons. The third-order valence-corrected chi connectivity index (χ3v) is 1.81. The van der Waals surface area contributed by atoms with E-state index in [-0.39, 0.29) is 5.41 Å². The highest BCUT2D eigenvalue weighted by molar-refractivity contribution is 5.76. The lowest BCUT2D eigenvalue weighted by atomic mass is 9.86. The van der Waals surface area contributed by atoms with Crippen LogP contribution in [-0.4, -0.2) is 32.8 Å². The smallest absolute Gasteiger partial charge is 0.323 e. The van der Waals surface area contributed by atoms with Crippen molar-refractivity contribution in [3.05, 3.63) is 0 Å². The van der Waals surface area contributed by atoms with E-state index in [1.807, 2.05) is 13.8 Å². The molecule has 0 aliphatic carbocycles. The molecule has 0 fully saturated rings. The molecule has 0 heterocycles. The molecule has 0 bridgehead atoms. The maximum atomic E-state index is 11.0. The van der Waals surface area contributed by atoms with E-state index in [4.69, 9.17) is 10.5 Å². The molecule has 0 amide bonds. The lowest BCUT2D eigenvalue weighted by Crippen LogP contribution is -2.47. The lowest BCUT2D eigenvalue weighted by molar-refractivity contribution is -0.146. The molecular weight excluding hydrogens is 158 g/mol. The summed E-state index contributed by atoms with van der Waals surface area (Å²) in [5.41, 5.74) is 5.25. The van der Waals surface area contributed by atoms with Gasteiger partial charge in [-0.3, -0.25) is 4.79 Å². The Bertz CT molecular complexity index is 156. The number of ether oxygens (including phenoxy) is 2. The van der Waals surface area contributed by atoms with Crippen LogP contribution in [0.5, 0.6) is 0 Å². The highest BCUT2D eigenvalue weighted by Crippen LogP contribution is 2.19. The number of hydrogen-bond acceptors (Lipinski definition) is 4. The van der Waals surface area contributed by atoms with Crippen LogP contribution in [0.2, 0.25) is 0 Å². The molecule has 0 spiro atoms. The number of methoxy groups -OCH3 is 2. The first-order valence-electron chi connectivity index (χ1n) is 3.78. The average Bonchev–Trinajstić information content (AvgIpc) is 2.01. The molecule has 4 heteroatoms. The minimum Gasteiger partial charge on any atom is -0.468 e. The van der Waals surface area contributed by atoms with E-state index < -0.39 is 12.0 Å². The molecule has 0 rings (SSSR count). The Kier molecular flexibility index (Phi) is 4.20. The van der Waals surface area contributed by atoms with Crippen LogP contribution in [0.15, 0.2) is 0 Å². The molecule has 0 aliphatic rings. The maximum Gasteiger partial charge on any atom is 0.323 e. The third-order valence-electron chi connectivity index (χ3n) is 1.81. The van der Waals surface area contributed by atoms with E-state index in [0.717, 1.165) is 0 Å². The summed E-state index contributed by atoms with van der Waals surface area (Å²) in [6, 6.07) is -0.637. The van der Waals surface area contributed by atoms with E-state index in [2.05, 4.69) is 4.74 Å². The van der Waals surface area contributed by atoms with Gasteiger partial charge in [0.25, 0.3) is 0 Å². The summed E-state index contributed by atoms with van der Waals surface area (Å²) in [6.45, 7) is 4.15. The van der Waals surface area contributed by atoms with Crippen molar-refractivity contribution in [2.75, 3.05) is 20.8 Å². The van der Waals surface area contributed by atoms with Gasteiger partial charge in [-0.1, -0.05) is 13.8 Å². The van der Waals surface area contributed by atoms with Gasteiger partial charge in [-0.05, 0) is 0 Å². The number of esters is 1.